The second kappa shape index (κ2) is 3.29. The zero-order valence-electron chi connectivity index (χ0n) is 7.90. The molecular weight excluding hydrogens is 230 g/mol. The monoisotopic (exact) mass is 242 g/mol. The van der Waals surface area contributed by atoms with Crippen molar-refractivity contribution >= 4 is 40.0 Å². The Morgan fingerprint density at radius 2 is 1.92 bits per heavy atom. The molecule has 0 amide bonds. The van der Waals surface area contributed by atoms with Crippen LogP contribution in [-0.4, -0.2) is 9.58 Å². The maximum Gasteiger partial charge on any atom is 0.225 e. The molecule has 1 nitrogen and oxygen atoms in total. The van der Waals surface area contributed by atoms with Gasteiger partial charge < -0.3 is 0 Å². The average Bonchev–Trinajstić information content (AvgIpc) is 2.28. The zero-order valence-corrected chi connectivity index (χ0v) is 10.2. The Bertz CT molecular complexity index is 230. The van der Waals surface area contributed by atoms with E-state index in [9.17, 15) is 4.79 Å². The number of rotatable bonds is 3. The first-order chi connectivity index (χ1) is 5.66. The molecule has 0 aromatic heterocycles. The number of hydrogen-bond donors (Lipinski definition) is 0. The summed E-state index contributed by atoms with van der Waals surface area (Å²) in [5, 5.41) is -0.271. The predicted octanol–water partition coefficient (Wildman–Crippen LogP) is 3.61. The van der Waals surface area contributed by atoms with Crippen LogP contribution >= 0.6 is 34.8 Å². The normalized spacial score (nSPS) is 31.5. The van der Waals surface area contributed by atoms with Gasteiger partial charge in [0.05, 0.1) is 0 Å². The summed E-state index contributed by atoms with van der Waals surface area (Å²) in [6, 6.07) is 0. The zero-order chi connectivity index (χ0) is 10.4. The van der Waals surface area contributed by atoms with Crippen molar-refractivity contribution in [3.8, 4) is 0 Å². The van der Waals surface area contributed by atoms with Gasteiger partial charge in [-0.25, -0.2) is 0 Å². The molecule has 0 N–H and O–H groups in total. The maximum atomic E-state index is 11.0. The second-order valence-corrected chi connectivity index (χ2v) is 6.72. The first-order valence-corrected chi connectivity index (χ1v) is 5.37. The van der Waals surface area contributed by atoms with Crippen molar-refractivity contribution in [1.29, 1.82) is 0 Å². The standard InChI is InChI=1S/C9H13Cl3O/c1-8(2)5(4-9(3,11)12)6(8)7(10)13/h5-6H,4H2,1-3H3/t5-,6+/m1/s1. The van der Waals surface area contributed by atoms with Crippen LogP contribution in [0.15, 0.2) is 0 Å². The van der Waals surface area contributed by atoms with Crippen molar-refractivity contribution in [2.24, 2.45) is 17.3 Å². The molecule has 1 aliphatic carbocycles. The lowest BCUT2D eigenvalue weighted by Gasteiger charge is -2.13. The third kappa shape index (κ3) is 2.51. The van der Waals surface area contributed by atoms with Crippen LogP contribution in [0.4, 0.5) is 0 Å². The summed E-state index contributed by atoms with van der Waals surface area (Å²) in [6.45, 7) is 5.77. The highest BCUT2D eigenvalue weighted by molar-refractivity contribution is 6.64. The van der Waals surface area contributed by atoms with Gasteiger partial charge in [-0.2, -0.15) is 0 Å². The van der Waals surface area contributed by atoms with E-state index in [1.54, 1.807) is 6.92 Å². The van der Waals surface area contributed by atoms with Gasteiger partial charge in [0.15, 0.2) is 0 Å². The highest BCUT2D eigenvalue weighted by atomic mass is 35.5. The lowest BCUT2D eigenvalue weighted by atomic mass is 10.1. The number of halogens is 3. The molecule has 0 spiro atoms. The van der Waals surface area contributed by atoms with Gasteiger partial charge in [-0.15, -0.1) is 23.2 Å². The molecule has 1 saturated carbocycles. The van der Waals surface area contributed by atoms with Gasteiger partial charge in [-0.1, -0.05) is 13.8 Å². The maximum absolute atomic E-state index is 11.0. The van der Waals surface area contributed by atoms with Crippen molar-refractivity contribution in [2.75, 3.05) is 0 Å². The number of alkyl halides is 2. The summed E-state index contributed by atoms with van der Waals surface area (Å²) in [5.74, 6) is 0.142. The van der Waals surface area contributed by atoms with Crippen molar-refractivity contribution in [2.45, 2.75) is 31.5 Å². The smallest absolute Gasteiger partial charge is 0.225 e. The molecule has 0 bridgehead atoms. The molecule has 1 aliphatic rings. The number of hydrogen-bond acceptors (Lipinski definition) is 1. The molecule has 0 aromatic carbocycles. The van der Waals surface area contributed by atoms with Gasteiger partial charge in [0.25, 0.3) is 0 Å². The van der Waals surface area contributed by atoms with Crippen molar-refractivity contribution in [3.63, 3.8) is 0 Å². The highest BCUT2D eigenvalue weighted by Crippen LogP contribution is 2.62. The summed E-state index contributed by atoms with van der Waals surface area (Å²) >= 11 is 17.2. The third-order valence-electron chi connectivity index (χ3n) is 2.87. The van der Waals surface area contributed by atoms with Crippen LogP contribution in [0, 0.1) is 17.3 Å². The molecule has 0 radical (unpaired) electrons. The van der Waals surface area contributed by atoms with Crippen LogP contribution in [0.2, 0.25) is 0 Å². The first kappa shape index (κ1) is 11.6. The second-order valence-electron chi connectivity index (χ2n) is 4.48. The Morgan fingerprint density at radius 1 is 1.46 bits per heavy atom. The van der Waals surface area contributed by atoms with E-state index < -0.39 is 4.33 Å². The van der Waals surface area contributed by atoms with E-state index in [-0.39, 0.29) is 22.5 Å². The summed E-state index contributed by atoms with van der Waals surface area (Å²) in [5.41, 5.74) is -0.0378. The minimum absolute atomic E-state index is 0.0378. The minimum atomic E-state index is -0.761. The summed E-state index contributed by atoms with van der Waals surface area (Å²) in [4.78, 5) is 11.0. The molecule has 0 aromatic rings. The van der Waals surface area contributed by atoms with Gasteiger partial charge in [0, 0.05) is 5.92 Å². The van der Waals surface area contributed by atoms with Crippen LogP contribution < -0.4 is 0 Å². The third-order valence-corrected chi connectivity index (χ3v) is 3.42. The van der Waals surface area contributed by atoms with Crippen LogP contribution in [0.3, 0.4) is 0 Å². The Balaban J connectivity index is 2.61. The molecule has 1 rings (SSSR count). The lowest BCUT2D eigenvalue weighted by Crippen LogP contribution is -2.09. The molecule has 2 atom stereocenters. The van der Waals surface area contributed by atoms with Crippen molar-refractivity contribution < 1.29 is 4.79 Å². The Labute approximate surface area is 93.7 Å². The van der Waals surface area contributed by atoms with Gasteiger partial charge in [0.1, 0.15) is 4.33 Å². The van der Waals surface area contributed by atoms with Crippen LogP contribution in [-0.2, 0) is 4.79 Å². The molecule has 13 heavy (non-hydrogen) atoms. The van der Waals surface area contributed by atoms with Crippen LogP contribution in [0.5, 0.6) is 0 Å². The van der Waals surface area contributed by atoms with Gasteiger partial charge in [-0.3, -0.25) is 4.79 Å². The molecule has 1 fully saturated rings. The molecule has 0 unspecified atom stereocenters. The largest absolute Gasteiger partial charge is 0.281 e. The van der Waals surface area contributed by atoms with E-state index in [0.717, 1.165) is 0 Å². The van der Waals surface area contributed by atoms with E-state index in [1.807, 2.05) is 13.8 Å². The molecule has 0 saturated heterocycles. The quantitative estimate of drug-likeness (QED) is 0.547. The van der Waals surface area contributed by atoms with Gasteiger partial charge in [0.2, 0.25) is 5.24 Å². The lowest BCUT2D eigenvalue weighted by molar-refractivity contribution is -0.113. The molecule has 0 heterocycles. The fourth-order valence-electron chi connectivity index (χ4n) is 1.96. The summed E-state index contributed by atoms with van der Waals surface area (Å²) in [7, 11) is 0. The Morgan fingerprint density at radius 3 is 2.15 bits per heavy atom. The molecular formula is C9H13Cl3O. The van der Waals surface area contributed by atoms with Gasteiger partial charge in [-0.05, 0) is 36.3 Å². The predicted molar refractivity (Wildman–Crippen MR) is 56.3 cm³/mol. The van der Waals surface area contributed by atoms with Crippen molar-refractivity contribution in [1.82, 2.24) is 0 Å². The minimum Gasteiger partial charge on any atom is -0.281 e. The fourth-order valence-corrected chi connectivity index (χ4v) is 2.73. The molecule has 4 heteroatoms. The summed E-state index contributed by atoms with van der Waals surface area (Å²) in [6.07, 6.45) is 0.617. The van der Waals surface area contributed by atoms with E-state index in [4.69, 9.17) is 34.8 Å². The summed E-state index contributed by atoms with van der Waals surface area (Å²) < 4.78 is -0.761. The molecule has 76 valence electrons. The first-order valence-electron chi connectivity index (χ1n) is 4.23. The van der Waals surface area contributed by atoms with E-state index in [2.05, 4.69) is 0 Å². The molecule has 0 aliphatic heterocycles. The Hall–Kier alpha value is 0.540. The van der Waals surface area contributed by atoms with E-state index >= 15 is 0 Å². The highest BCUT2D eigenvalue weighted by Gasteiger charge is 2.61. The van der Waals surface area contributed by atoms with Crippen LogP contribution in [0.1, 0.15) is 27.2 Å². The number of carbonyl (C=O) groups is 1. The van der Waals surface area contributed by atoms with Gasteiger partial charge >= 0.3 is 0 Å². The van der Waals surface area contributed by atoms with Crippen LogP contribution in [0.25, 0.3) is 0 Å². The van der Waals surface area contributed by atoms with E-state index in [0.29, 0.717) is 6.42 Å². The SMILES string of the molecule is CC(Cl)(Cl)C[C@@H]1[C@@H](C(=O)Cl)C1(C)C. The van der Waals surface area contributed by atoms with Crippen molar-refractivity contribution in [3.05, 3.63) is 0 Å². The fraction of sp³-hybridized carbons (Fsp3) is 0.889. The Kier molecular flexibility index (Phi) is 2.94. The topological polar surface area (TPSA) is 17.1 Å². The average molecular weight is 244 g/mol. The van der Waals surface area contributed by atoms with E-state index in [1.165, 1.54) is 0 Å². The number of carbonyl (C=O) groups excluding carboxylic acids is 1.